The van der Waals surface area contributed by atoms with Crippen LogP contribution in [0.15, 0.2) is 16.7 Å². The van der Waals surface area contributed by atoms with E-state index < -0.39 is 0 Å². The van der Waals surface area contributed by atoms with Gasteiger partial charge in [-0.05, 0) is 6.07 Å². The molecule has 2 heterocycles. The van der Waals surface area contributed by atoms with Gasteiger partial charge in [-0.3, -0.25) is 0 Å². The zero-order valence-electron chi connectivity index (χ0n) is 11.1. The van der Waals surface area contributed by atoms with Gasteiger partial charge >= 0.3 is 0 Å². The van der Waals surface area contributed by atoms with Gasteiger partial charge in [0.2, 0.25) is 11.7 Å². The van der Waals surface area contributed by atoms with Crippen LogP contribution in [0.4, 0.5) is 0 Å². The Balaban J connectivity index is 2.07. The number of ether oxygens (including phenoxy) is 3. The lowest BCUT2D eigenvalue weighted by Gasteiger charge is -2.22. The Hall–Kier alpha value is -2.12. The van der Waals surface area contributed by atoms with E-state index in [-0.39, 0.29) is 6.54 Å². The zero-order valence-corrected chi connectivity index (χ0v) is 11.1. The van der Waals surface area contributed by atoms with E-state index >= 15 is 0 Å². The van der Waals surface area contributed by atoms with Gasteiger partial charge in [-0.15, -0.1) is 0 Å². The number of hydrogen-bond donors (Lipinski definition) is 1. The third-order valence-corrected chi connectivity index (χ3v) is 2.95. The highest BCUT2D eigenvalue weighted by atomic mass is 16.6. The molecule has 0 saturated heterocycles. The first kappa shape index (κ1) is 12.9. The van der Waals surface area contributed by atoms with Crippen molar-refractivity contribution in [2.75, 3.05) is 20.3 Å². The number of nitrogens with zero attached hydrogens (tertiary/aromatic N) is 2. The summed E-state index contributed by atoms with van der Waals surface area (Å²) in [6.07, 6.45) is 0. The minimum Gasteiger partial charge on any atom is -0.486 e. The van der Waals surface area contributed by atoms with Crippen molar-refractivity contribution in [1.82, 2.24) is 10.1 Å². The summed E-state index contributed by atoms with van der Waals surface area (Å²) in [5.41, 5.74) is 7.12. The summed E-state index contributed by atoms with van der Waals surface area (Å²) in [5.74, 6) is 2.12. The molecule has 3 rings (SSSR count). The van der Waals surface area contributed by atoms with Crippen LogP contribution >= 0.6 is 0 Å². The Kier molecular flexibility index (Phi) is 3.53. The van der Waals surface area contributed by atoms with Crippen LogP contribution in [0.3, 0.4) is 0 Å². The summed E-state index contributed by atoms with van der Waals surface area (Å²) in [5, 5.41) is 3.91. The van der Waals surface area contributed by atoms with E-state index in [4.69, 9.17) is 24.5 Å². The minimum absolute atomic E-state index is 0.203. The second-order valence-corrected chi connectivity index (χ2v) is 4.28. The number of methoxy groups -OCH3 is 1. The lowest BCUT2D eigenvalue weighted by atomic mass is 10.1. The normalized spacial score (nSPS) is 13.5. The van der Waals surface area contributed by atoms with Crippen molar-refractivity contribution in [2.45, 2.75) is 13.2 Å². The molecule has 1 aliphatic rings. The molecular weight excluding hydrogens is 262 g/mol. The highest BCUT2D eigenvalue weighted by molar-refractivity contribution is 5.70. The first-order valence-corrected chi connectivity index (χ1v) is 6.27. The van der Waals surface area contributed by atoms with Crippen molar-refractivity contribution in [1.29, 1.82) is 0 Å². The number of aromatic nitrogens is 2. The molecule has 1 aliphatic heterocycles. The molecule has 7 heteroatoms. The van der Waals surface area contributed by atoms with Crippen molar-refractivity contribution < 1.29 is 18.7 Å². The summed E-state index contributed by atoms with van der Waals surface area (Å²) in [7, 11) is 1.64. The van der Waals surface area contributed by atoms with Gasteiger partial charge in [0.1, 0.15) is 13.2 Å². The second-order valence-electron chi connectivity index (χ2n) is 4.28. The monoisotopic (exact) mass is 277 g/mol. The lowest BCUT2D eigenvalue weighted by Crippen LogP contribution is -2.17. The summed E-state index contributed by atoms with van der Waals surface area (Å²) in [4.78, 5) is 4.21. The van der Waals surface area contributed by atoms with Gasteiger partial charge in [-0.2, -0.15) is 4.98 Å². The third-order valence-electron chi connectivity index (χ3n) is 2.95. The SMILES string of the molecule is COCc1ccc(-c2noc(CN)n2)c2c1OCCO2. The molecule has 0 spiro atoms. The molecule has 1 aromatic carbocycles. The average Bonchev–Trinajstić information content (AvgIpc) is 2.97. The maximum absolute atomic E-state index is 5.71. The summed E-state index contributed by atoms with van der Waals surface area (Å²) in [6.45, 7) is 1.64. The molecular formula is C13H15N3O4. The van der Waals surface area contributed by atoms with Crippen LogP contribution in [0, 0.1) is 0 Å². The van der Waals surface area contributed by atoms with Gasteiger partial charge in [0.15, 0.2) is 11.5 Å². The van der Waals surface area contributed by atoms with E-state index in [0.717, 1.165) is 11.1 Å². The van der Waals surface area contributed by atoms with Crippen molar-refractivity contribution >= 4 is 0 Å². The predicted molar refractivity (Wildman–Crippen MR) is 69.3 cm³/mol. The Morgan fingerprint density at radius 3 is 2.75 bits per heavy atom. The Morgan fingerprint density at radius 2 is 2.05 bits per heavy atom. The van der Waals surface area contributed by atoms with Crippen molar-refractivity contribution in [3.63, 3.8) is 0 Å². The molecule has 7 nitrogen and oxygen atoms in total. The van der Waals surface area contributed by atoms with E-state index in [1.807, 2.05) is 12.1 Å². The van der Waals surface area contributed by atoms with Gasteiger partial charge in [-0.25, -0.2) is 0 Å². The molecule has 2 aromatic rings. The fraction of sp³-hybridized carbons (Fsp3) is 0.385. The largest absolute Gasteiger partial charge is 0.486 e. The zero-order chi connectivity index (χ0) is 13.9. The number of fused-ring (bicyclic) bond motifs is 1. The van der Waals surface area contributed by atoms with Crippen molar-refractivity contribution in [2.24, 2.45) is 5.73 Å². The fourth-order valence-electron chi connectivity index (χ4n) is 2.08. The van der Waals surface area contributed by atoms with Gasteiger partial charge in [0.05, 0.1) is 18.7 Å². The van der Waals surface area contributed by atoms with Gasteiger partial charge in [0.25, 0.3) is 0 Å². The molecule has 106 valence electrons. The minimum atomic E-state index is 0.203. The van der Waals surface area contributed by atoms with Gasteiger partial charge < -0.3 is 24.5 Å². The Morgan fingerprint density at radius 1 is 1.25 bits per heavy atom. The van der Waals surface area contributed by atoms with Crippen LogP contribution in [0.2, 0.25) is 0 Å². The van der Waals surface area contributed by atoms with Crippen LogP contribution in [0.1, 0.15) is 11.5 Å². The van der Waals surface area contributed by atoms with Crippen molar-refractivity contribution in [3.8, 4) is 22.9 Å². The molecule has 0 aliphatic carbocycles. The summed E-state index contributed by atoms with van der Waals surface area (Å²) in [6, 6.07) is 3.78. The van der Waals surface area contributed by atoms with Crippen molar-refractivity contribution in [3.05, 3.63) is 23.6 Å². The number of rotatable bonds is 4. The molecule has 0 unspecified atom stereocenters. The first-order valence-electron chi connectivity index (χ1n) is 6.27. The van der Waals surface area contributed by atoms with Crippen LogP contribution < -0.4 is 15.2 Å². The highest BCUT2D eigenvalue weighted by Gasteiger charge is 2.23. The lowest BCUT2D eigenvalue weighted by molar-refractivity contribution is 0.153. The number of hydrogen-bond acceptors (Lipinski definition) is 7. The van der Waals surface area contributed by atoms with Crippen LogP contribution in [-0.2, 0) is 17.9 Å². The van der Waals surface area contributed by atoms with Crippen LogP contribution in [0.25, 0.3) is 11.4 Å². The van der Waals surface area contributed by atoms with E-state index in [9.17, 15) is 0 Å². The number of benzene rings is 1. The molecule has 20 heavy (non-hydrogen) atoms. The number of nitrogens with two attached hydrogens (primary N) is 1. The molecule has 1 aromatic heterocycles. The smallest absolute Gasteiger partial charge is 0.240 e. The first-order chi connectivity index (χ1) is 9.83. The molecule has 0 amide bonds. The van der Waals surface area contributed by atoms with E-state index in [1.165, 1.54) is 0 Å². The van der Waals surface area contributed by atoms with Gasteiger partial charge in [0, 0.05) is 12.7 Å². The fourth-order valence-corrected chi connectivity index (χ4v) is 2.08. The molecule has 0 atom stereocenters. The molecule has 0 fully saturated rings. The summed E-state index contributed by atoms with van der Waals surface area (Å²) < 4.78 is 21.6. The molecule has 0 saturated carbocycles. The summed E-state index contributed by atoms with van der Waals surface area (Å²) >= 11 is 0. The van der Waals surface area contributed by atoms with E-state index in [2.05, 4.69) is 10.1 Å². The maximum Gasteiger partial charge on any atom is 0.240 e. The third kappa shape index (κ3) is 2.21. The predicted octanol–water partition coefficient (Wildman–Crippen LogP) is 1.11. The van der Waals surface area contributed by atoms with Crippen LogP contribution in [-0.4, -0.2) is 30.5 Å². The van der Waals surface area contributed by atoms with Crippen LogP contribution in [0.5, 0.6) is 11.5 Å². The second kappa shape index (κ2) is 5.48. The topological polar surface area (TPSA) is 92.6 Å². The van der Waals surface area contributed by atoms with Gasteiger partial charge in [-0.1, -0.05) is 11.2 Å². The standard InChI is InChI=1S/C13H15N3O4/c1-17-7-8-2-3-9(12-11(8)18-4-5-19-12)13-15-10(6-14)20-16-13/h2-3H,4-7,14H2,1H3. The van der Waals surface area contributed by atoms with E-state index in [1.54, 1.807) is 7.11 Å². The Labute approximate surface area is 115 Å². The maximum atomic E-state index is 5.71. The quantitative estimate of drug-likeness (QED) is 0.894. The molecule has 0 bridgehead atoms. The van der Waals surface area contributed by atoms with E-state index in [0.29, 0.717) is 43.0 Å². The average molecular weight is 277 g/mol. The molecule has 0 radical (unpaired) electrons. The molecule has 2 N–H and O–H groups in total. The Bertz CT molecular complexity index is 612. The highest BCUT2D eigenvalue weighted by Crippen LogP contribution is 2.41.